The van der Waals surface area contributed by atoms with Gasteiger partial charge in [0.1, 0.15) is 18.2 Å². The van der Waals surface area contributed by atoms with E-state index in [1.165, 1.54) is 12.1 Å². The highest BCUT2D eigenvalue weighted by molar-refractivity contribution is 5.32. The molecule has 0 aliphatic carbocycles. The van der Waals surface area contributed by atoms with Crippen LogP contribution < -0.4 is 10.1 Å². The molecule has 0 amide bonds. The van der Waals surface area contributed by atoms with Crippen molar-refractivity contribution in [3.8, 4) is 5.75 Å². The van der Waals surface area contributed by atoms with Crippen LogP contribution in [0.3, 0.4) is 0 Å². The molecule has 1 aromatic carbocycles. The minimum atomic E-state index is -0.314. The van der Waals surface area contributed by atoms with Crippen molar-refractivity contribution in [2.75, 3.05) is 6.54 Å². The Morgan fingerprint density at radius 1 is 1.37 bits per heavy atom. The molecule has 0 aliphatic rings. The van der Waals surface area contributed by atoms with Gasteiger partial charge in [0.25, 0.3) is 0 Å². The zero-order chi connectivity index (χ0) is 13.7. The summed E-state index contributed by atoms with van der Waals surface area (Å²) in [6.45, 7) is 5.67. The Kier molecular flexibility index (Phi) is 4.52. The average molecular weight is 264 g/mol. The molecule has 1 heterocycles. The average Bonchev–Trinajstić information content (AvgIpc) is 2.85. The van der Waals surface area contributed by atoms with Crippen LogP contribution in [0.4, 0.5) is 4.39 Å². The van der Waals surface area contributed by atoms with Crippen molar-refractivity contribution in [2.45, 2.75) is 27.0 Å². The quantitative estimate of drug-likeness (QED) is 0.871. The molecule has 2 aromatic rings. The van der Waals surface area contributed by atoms with E-state index in [2.05, 4.69) is 10.5 Å². The lowest BCUT2D eigenvalue weighted by molar-refractivity contribution is 0.246. The fourth-order valence-corrected chi connectivity index (χ4v) is 1.64. The fourth-order valence-electron chi connectivity index (χ4n) is 1.64. The summed E-state index contributed by atoms with van der Waals surface area (Å²) < 4.78 is 23.8. The van der Waals surface area contributed by atoms with Crippen LogP contribution in [-0.4, -0.2) is 11.7 Å². The molecule has 0 aliphatic heterocycles. The van der Waals surface area contributed by atoms with Gasteiger partial charge in [-0.2, -0.15) is 0 Å². The number of benzene rings is 1. The van der Waals surface area contributed by atoms with Crippen LogP contribution in [0.15, 0.2) is 28.8 Å². The van der Waals surface area contributed by atoms with Gasteiger partial charge < -0.3 is 14.6 Å². The number of hydrogen-bond donors (Lipinski definition) is 1. The van der Waals surface area contributed by atoms with E-state index in [4.69, 9.17) is 9.26 Å². The Labute approximate surface area is 111 Å². The van der Waals surface area contributed by atoms with Gasteiger partial charge in [-0.15, -0.1) is 0 Å². The molecule has 5 heteroatoms. The smallest absolute Gasteiger partial charge is 0.174 e. The lowest BCUT2D eigenvalue weighted by Crippen LogP contribution is -2.11. The van der Waals surface area contributed by atoms with Gasteiger partial charge in [0.05, 0.1) is 5.69 Å². The predicted molar refractivity (Wildman–Crippen MR) is 69.4 cm³/mol. The molecule has 0 spiro atoms. The van der Waals surface area contributed by atoms with E-state index in [1.54, 1.807) is 6.07 Å². The second-order valence-corrected chi connectivity index (χ2v) is 4.26. The molecule has 1 aromatic heterocycles. The maximum absolute atomic E-state index is 13.1. The van der Waals surface area contributed by atoms with Gasteiger partial charge in [-0.1, -0.05) is 18.1 Å². The van der Waals surface area contributed by atoms with Crippen LogP contribution in [0.25, 0.3) is 0 Å². The molecule has 19 heavy (non-hydrogen) atoms. The van der Waals surface area contributed by atoms with Crippen LogP contribution >= 0.6 is 0 Å². The first-order valence-corrected chi connectivity index (χ1v) is 6.23. The minimum Gasteiger partial charge on any atom is -0.485 e. The lowest BCUT2D eigenvalue weighted by atomic mass is 10.2. The van der Waals surface area contributed by atoms with Gasteiger partial charge in [-0.05, 0) is 25.1 Å². The highest BCUT2D eigenvalue weighted by Gasteiger charge is 2.06. The van der Waals surface area contributed by atoms with Gasteiger partial charge in [-0.25, -0.2) is 4.39 Å². The first-order chi connectivity index (χ1) is 9.19. The van der Waals surface area contributed by atoms with Crippen molar-refractivity contribution in [1.29, 1.82) is 0 Å². The van der Waals surface area contributed by atoms with E-state index < -0.39 is 0 Å². The van der Waals surface area contributed by atoms with Crippen LogP contribution in [0.2, 0.25) is 0 Å². The molecule has 0 atom stereocenters. The van der Waals surface area contributed by atoms with E-state index in [-0.39, 0.29) is 12.4 Å². The summed E-state index contributed by atoms with van der Waals surface area (Å²) in [5.74, 6) is 0.826. The number of nitrogens with one attached hydrogen (secondary N) is 1. The van der Waals surface area contributed by atoms with E-state index in [9.17, 15) is 4.39 Å². The highest BCUT2D eigenvalue weighted by atomic mass is 19.1. The van der Waals surface area contributed by atoms with Crippen molar-refractivity contribution in [1.82, 2.24) is 10.5 Å². The molecule has 0 radical (unpaired) electrons. The van der Waals surface area contributed by atoms with E-state index in [0.717, 1.165) is 17.8 Å². The Morgan fingerprint density at radius 2 is 2.21 bits per heavy atom. The maximum Gasteiger partial charge on any atom is 0.174 e. The van der Waals surface area contributed by atoms with Crippen molar-refractivity contribution in [3.63, 3.8) is 0 Å². The molecule has 1 N–H and O–H groups in total. The van der Waals surface area contributed by atoms with Crippen molar-refractivity contribution < 1.29 is 13.7 Å². The third-order valence-electron chi connectivity index (χ3n) is 2.68. The molecule has 0 unspecified atom stereocenters. The molecule has 0 saturated carbocycles. The van der Waals surface area contributed by atoms with Gasteiger partial charge in [-0.3, -0.25) is 0 Å². The number of ether oxygens (including phenoxy) is 1. The third-order valence-corrected chi connectivity index (χ3v) is 2.68. The molecule has 0 fully saturated rings. The molecule has 4 nitrogen and oxygen atoms in total. The van der Waals surface area contributed by atoms with Crippen molar-refractivity contribution >= 4 is 0 Å². The summed E-state index contributed by atoms with van der Waals surface area (Å²) >= 11 is 0. The lowest BCUT2D eigenvalue weighted by Gasteiger charge is -2.06. The summed E-state index contributed by atoms with van der Waals surface area (Å²) in [6.07, 6.45) is 0. The number of aromatic nitrogens is 1. The fraction of sp³-hybridized carbons (Fsp3) is 0.357. The normalized spacial score (nSPS) is 10.7. The zero-order valence-electron chi connectivity index (χ0n) is 11.1. The number of rotatable bonds is 6. The Balaban J connectivity index is 1.94. The van der Waals surface area contributed by atoms with Crippen LogP contribution in [0, 0.1) is 12.7 Å². The Bertz CT molecular complexity index is 540. The molecular formula is C14H17FN2O2. The number of halogens is 1. The summed E-state index contributed by atoms with van der Waals surface area (Å²) in [4.78, 5) is 0. The van der Waals surface area contributed by atoms with Gasteiger partial charge in [0.2, 0.25) is 0 Å². The molecule has 0 saturated heterocycles. The van der Waals surface area contributed by atoms with Crippen LogP contribution in [0.1, 0.15) is 23.9 Å². The van der Waals surface area contributed by atoms with Crippen LogP contribution in [0.5, 0.6) is 5.75 Å². The Hall–Kier alpha value is -1.88. The number of nitrogens with zero attached hydrogens (tertiary/aromatic N) is 1. The minimum absolute atomic E-state index is 0.240. The molecule has 2 rings (SSSR count). The Morgan fingerprint density at radius 3 is 3.00 bits per heavy atom. The summed E-state index contributed by atoms with van der Waals surface area (Å²) in [5, 5.41) is 7.07. The van der Waals surface area contributed by atoms with E-state index in [0.29, 0.717) is 18.1 Å². The summed E-state index contributed by atoms with van der Waals surface area (Å²) in [7, 11) is 0. The number of hydrogen-bond acceptors (Lipinski definition) is 4. The standard InChI is InChI=1S/C14H17FN2O2/c1-3-16-8-12-7-13(19-17-12)9-18-14-6-11(15)5-4-10(14)2/h4-7,16H,3,8-9H2,1-2H3. The third kappa shape index (κ3) is 3.79. The molecule has 102 valence electrons. The topological polar surface area (TPSA) is 47.3 Å². The second kappa shape index (κ2) is 6.33. The maximum atomic E-state index is 13.1. The van der Waals surface area contributed by atoms with Gasteiger partial charge in [0, 0.05) is 18.7 Å². The molecule has 0 bridgehead atoms. The summed E-state index contributed by atoms with van der Waals surface area (Å²) in [5.41, 5.74) is 1.71. The monoisotopic (exact) mass is 264 g/mol. The largest absolute Gasteiger partial charge is 0.485 e. The zero-order valence-corrected chi connectivity index (χ0v) is 11.1. The summed E-state index contributed by atoms with van der Waals surface area (Å²) in [6, 6.07) is 6.29. The van der Waals surface area contributed by atoms with E-state index >= 15 is 0 Å². The van der Waals surface area contributed by atoms with E-state index in [1.807, 2.05) is 19.9 Å². The predicted octanol–water partition coefficient (Wildman–Crippen LogP) is 2.81. The SMILES string of the molecule is CCNCc1cc(COc2cc(F)ccc2C)on1. The number of aryl methyl sites for hydroxylation is 1. The van der Waals surface area contributed by atoms with Gasteiger partial charge >= 0.3 is 0 Å². The first kappa shape index (κ1) is 13.5. The second-order valence-electron chi connectivity index (χ2n) is 4.26. The van der Waals surface area contributed by atoms with Crippen molar-refractivity contribution in [2.24, 2.45) is 0 Å². The molecular weight excluding hydrogens is 247 g/mol. The first-order valence-electron chi connectivity index (χ1n) is 6.23. The highest BCUT2D eigenvalue weighted by Crippen LogP contribution is 2.20. The van der Waals surface area contributed by atoms with Crippen LogP contribution in [-0.2, 0) is 13.2 Å². The van der Waals surface area contributed by atoms with Gasteiger partial charge in [0.15, 0.2) is 5.76 Å². The van der Waals surface area contributed by atoms with Crippen molar-refractivity contribution in [3.05, 3.63) is 47.1 Å².